The van der Waals surface area contributed by atoms with Crippen LogP contribution in [0.1, 0.15) is 39.5 Å². The number of halogens is 1. The zero-order chi connectivity index (χ0) is 17.5. The topological polar surface area (TPSA) is 64.6 Å². The van der Waals surface area contributed by atoms with Gasteiger partial charge in [-0.2, -0.15) is 0 Å². The van der Waals surface area contributed by atoms with Crippen molar-refractivity contribution in [3.63, 3.8) is 0 Å². The predicted molar refractivity (Wildman–Crippen MR) is 92.1 cm³/mol. The first-order valence-corrected chi connectivity index (χ1v) is 8.71. The zero-order valence-corrected chi connectivity index (χ0v) is 14.8. The molecule has 1 amide bonds. The van der Waals surface area contributed by atoms with Crippen molar-refractivity contribution in [3.8, 4) is 5.75 Å². The first-order valence-electron chi connectivity index (χ1n) is 8.34. The van der Waals surface area contributed by atoms with E-state index in [0.29, 0.717) is 16.7 Å². The van der Waals surface area contributed by atoms with Gasteiger partial charge in [0.25, 0.3) is 5.91 Å². The van der Waals surface area contributed by atoms with Crippen LogP contribution in [-0.4, -0.2) is 30.6 Å². The highest BCUT2D eigenvalue weighted by Gasteiger charge is 2.24. The highest BCUT2D eigenvalue weighted by molar-refractivity contribution is 6.30. The van der Waals surface area contributed by atoms with E-state index in [4.69, 9.17) is 21.1 Å². The molecule has 1 saturated carbocycles. The molecule has 0 bridgehead atoms. The van der Waals surface area contributed by atoms with Crippen molar-refractivity contribution in [3.05, 3.63) is 29.3 Å². The molecule has 0 aliphatic heterocycles. The molecule has 3 atom stereocenters. The Balaban J connectivity index is 1.73. The maximum Gasteiger partial charge on any atom is 0.347 e. The molecule has 0 heterocycles. The molecule has 132 valence electrons. The second kappa shape index (κ2) is 8.92. The van der Waals surface area contributed by atoms with Gasteiger partial charge in [0.05, 0.1) is 0 Å². The average molecular weight is 354 g/mol. The van der Waals surface area contributed by atoms with Crippen molar-refractivity contribution < 1.29 is 19.1 Å². The minimum Gasteiger partial charge on any atom is -0.479 e. The minimum absolute atomic E-state index is 0.174. The quantitative estimate of drug-likeness (QED) is 0.796. The van der Waals surface area contributed by atoms with Crippen LogP contribution in [0.5, 0.6) is 5.75 Å². The van der Waals surface area contributed by atoms with Crippen LogP contribution >= 0.6 is 11.6 Å². The lowest BCUT2D eigenvalue weighted by atomic mass is 9.86. The van der Waals surface area contributed by atoms with Crippen LogP contribution in [0.25, 0.3) is 0 Å². The number of benzene rings is 1. The fraction of sp³-hybridized carbons (Fsp3) is 0.556. The van der Waals surface area contributed by atoms with Gasteiger partial charge in [-0.15, -0.1) is 0 Å². The van der Waals surface area contributed by atoms with E-state index in [9.17, 15) is 9.59 Å². The van der Waals surface area contributed by atoms with E-state index in [2.05, 4.69) is 12.2 Å². The van der Waals surface area contributed by atoms with E-state index in [1.165, 1.54) is 6.42 Å². The maximum absolute atomic E-state index is 11.9. The van der Waals surface area contributed by atoms with Gasteiger partial charge in [0.15, 0.2) is 12.7 Å². The molecule has 1 aliphatic rings. The van der Waals surface area contributed by atoms with Crippen molar-refractivity contribution in [1.29, 1.82) is 0 Å². The van der Waals surface area contributed by atoms with Crippen LogP contribution in [0.3, 0.4) is 0 Å². The molecule has 1 aromatic rings. The summed E-state index contributed by atoms with van der Waals surface area (Å²) >= 11 is 5.79. The predicted octanol–water partition coefficient (Wildman–Crippen LogP) is 3.35. The Morgan fingerprint density at radius 1 is 1.25 bits per heavy atom. The van der Waals surface area contributed by atoms with Gasteiger partial charge in [-0.1, -0.05) is 31.4 Å². The Hall–Kier alpha value is -1.75. The van der Waals surface area contributed by atoms with Gasteiger partial charge in [0, 0.05) is 11.1 Å². The number of amides is 1. The molecule has 6 heteroatoms. The summed E-state index contributed by atoms with van der Waals surface area (Å²) in [7, 11) is 0. The molecule has 0 unspecified atom stereocenters. The van der Waals surface area contributed by atoms with Crippen molar-refractivity contribution in [2.75, 3.05) is 6.61 Å². The molecule has 1 aromatic carbocycles. The zero-order valence-electron chi connectivity index (χ0n) is 14.1. The van der Waals surface area contributed by atoms with Gasteiger partial charge in [-0.05, 0) is 49.9 Å². The molecular formula is C18H24ClNO4. The lowest BCUT2D eigenvalue weighted by molar-refractivity contribution is -0.155. The van der Waals surface area contributed by atoms with E-state index in [1.807, 2.05) is 0 Å². The largest absolute Gasteiger partial charge is 0.479 e. The number of esters is 1. The fourth-order valence-electron chi connectivity index (χ4n) is 2.80. The summed E-state index contributed by atoms with van der Waals surface area (Å²) in [5.41, 5.74) is 0. The van der Waals surface area contributed by atoms with Gasteiger partial charge in [-0.3, -0.25) is 4.79 Å². The molecule has 0 aromatic heterocycles. The Kier molecular flexibility index (Phi) is 6.91. The van der Waals surface area contributed by atoms with Crippen molar-refractivity contribution in [2.45, 2.75) is 51.7 Å². The molecule has 24 heavy (non-hydrogen) atoms. The van der Waals surface area contributed by atoms with Gasteiger partial charge < -0.3 is 14.8 Å². The van der Waals surface area contributed by atoms with E-state index < -0.39 is 12.1 Å². The molecule has 2 rings (SSSR count). The number of hydrogen-bond acceptors (Lipinski definition) is 4. The first kappa shape index (κ1) is 18.6. The Morgan fingerprint density at radius 2 is 1.92 bits per heavy atom. The van der Waals surface area contributed by atoms with Crippen LogP contribution in [-0.2, 0) is 14.3 Å². The second-order valence-corrected chi connectivity index (χ2v) is 6.69. The van der Waals surface area contributed by atoms with Gasteiger partial charge in [0.1, 0.15) is 5.75 Å². The summed E-state index contributed by atoms with van der Waals surface area (Å²) in [5, 5.41) is 3.54. The molecular weight excluding hydrogens is 330 g/mol. The third kappa shape index (κ3) is 5.71. The molecule has 0 spiro atoms. The molecule has 1 aliphatic carbocycles. The number of ether oxygens (including phenoxy) is 2. The number of carbonyl (C=O) groups is 2. The van der Waals surface area contributed by atoms with E-state index in [0.717, 1.165) is 19.3 Å². The third-order valence-corrected chi connectivity index (χ3v) is 4.51. The maximum atomic E-state index is 11.9. The number of nitrogens with one attached hydrogen (secondary N) is 1. The fourth-order valence-corrected chi connectivity index (χ4v) is 2.92. The smallest absolute Gasteiger partial charge is 0.347 e. The molecule has 1 N–H and O–H groups in total. The SMILES string of the molecule is C[C@@H]1CCCC[C@@H]1NC(=O)COC(=O)[C@@H](C)Oc1ccc(Cl)cc1. The van der Waals surface area contributed by atoms with Crippen LogP contribution in [0.2, 0.25) is 5.02 Å². The van der Waals surface area contributed by atoms with Gasteiger partial charge in [-0.25, -0.2) is 4.79 Å². The summed E-state index contributed by atoms with van der Waals surface area (Å²) in [6, 6.07) is 6.86. The van der Waals surface area contributed by atoms with Crippen molar-refractivity contribution in [1.82, 2.24) is 5.32 Å². The van der Waals surface area contributed by atoms with Gasteiger partial charge >= 0.3 is 5.97 Å². The monoisotopic (exact) mass is 353 g/mol. The Bertz CT molecular complexity index is 561. The second-order valence-electron chi connectivity index (χ2n) is 6.26. The summed E-state index contributed by atoms with van der Waals surface area (Å²) in [5.74, 6) is 0.146. The lowest BCUT2D eigenvalue weighted by Crippen LogP contribution is -2.43. The number of rotatable bonds is 6. The highest BCUT2D eigenvalue weighted by atomic mass is 35.5. The molecule has 0 saturated heterocycles. The van der Waals surface area contributed by atoms with Crippen LogP contribution in [0, 0.1) is 5.92 Å². The standard InChI is InChI=1S/C18H24ClNO4/c1-12-5-3-4-6-16(12)20-17(21)11-23-18(22)13(2)24-15-9-7-14(19)8-10-15/h7-10,12-13,16H,3-6,11H2,1-2H3,(H,20,21)/t12-,13-,16+/m1/s1. The lowest BCUT2D eigenvalue weighted by Gasteiger charge is -2.29. The van der Waals surface area contributed by atoms with E-state index >= 15 is 0 Å². The Morgan fingerprint density at radius 3 is 2.58 bits per heavy atom. The van der Waals surface area contributed by atoms with Crippen LogP contribution in [0.4, 0.5) is 0 Å². The third-order valence-electron chi connectivity index (χ3n) is 4.26. The molecule has 1 fully saturated rings. The highest BCUT2D eigenvalue weighted by Crippen LogP contribution is 2.23. The first-order chi connectivity index (χ1) is 11.5. The van der Waals surface area contributed by atoms with Crippen molar-refractivity contribution in [2.24, 2.45) is 5.92 Å². The van der Waals surface area contributed by atoms with Crippen molar-refractivity contribution >= 4 is 23.5 Å². The van der Waals surface area contributed by atoms with Crippen LogP contribution < -0.4 is 10.1 Å². The summed E-state index contributed by atoms with van der Waals surface area (Å²) < 4.78 is 10.5. The normalized spacial score (nSPS) is 21.6. The summed E-state index contributed by atoms with van der Waals surface area (Å²) in [4.78, 5) is 23.9. The number of carbonyl (C=O) groups excluding carboxylic acids is 2. The minimum atomic E-state index is -0.799. The molecule has 0 radical (unpaired) electrons. The summed E-state index contributed by atoms with van der Waals surface area (Å²) in [6.45, 7) is 3.44. The van der Waals surface area contributed by atoms with Gasteiger partial charge in [0.2, 0.25) is 0 Å². The summed E-state index contributed by atoms with van der Waals surface area (Å²) in [6.07, 6.45) is 3.64. The molecule has 5 nitrogen and oxygen atoms in total. The number of hydrogen-bond donors (Lipinski definition) is 1. The van der Waals surface area contributed by atoms with E-state index in [1.54, 1.807) is 31.2 Å². The van der Waals surface area contributed by atoms with Crippen LogP contribution in [0.15, 0.2) is 24.3 Å². The average Bonchev–Trinajstić information content (AvgIpc) is 2.57. The Labute approximate surface area is 147 Å². The van der Waals surface area contributed by atoms with E-state index in [-0.39, 0.29) is 18.6 Å².